The van der Waals surface area contributed by atoms with Crippen molar-refractivity contribution in [2.45, 2.75) is 6.42 Å². The number of carbonyl (C=O) groups is 1. The summed E-state index contributed by atoms with van der Waals surface area (Å²) in [4.78, 5) is 23.6. The molecule has 8 heteroatoms. The molecule has 1 aliphatic rings. The second-order valence-electron chi connectivity index (χ2n) is 5.18. The molecule has 21 heavy (non-hydrogen) atoms. The van der Waals surface area contributed by atoms with E-state index in [1.165, 1.54) is 0 Å². The molecule has 1 fully saturated rings. The zero-order valence-corrected chi connectivity index (χ0v) is 11.9. The lowest BCUT2D eigenvalue weighted by Gasteiger charge is -2.35. The highest BCUT2D eigenvalue weighted by Crippen LogP contribution is 2.23. The van der Waals surface area contributed by atoms with Crippen LogP contribution in [0.4, 0.5) is 5.82 Å². The Hall–Kier alpha value is -2.22. The van der Waals surface area contributed by atoms with Crippen molar-refractivity contribution in [3.05, 3.63) is 12.5 Å². The van der Waals surface area contributed by atoms with Crippen LogP contribution in [0.1, 0.15) is 6.42 Å². The Kier molecular flexibility index (Phi) is 3.70. The van der Waals surface area contributed by atoms with Gasteiger partial charge >= 0.3 is 5.97 Å². The lowest BCUT2D eigenvalue weighted by molar-refractivity contribution is -0.137. The van der Waals surface area contributed by atoms with E-state index in [9.17, 15) is 4.79 Å². The van der Waals surface area contributed by atoms with Crippen molar-refractivity contribution in [1.82, 2.24) is 24.6 Å². The normalized spacial score (nSPS) is 16.5. The number of piperazine rings is 1. The number of carboxylic acid groups (broad SMARTS) is 1. The van der Waals surface area contributed by atoms with Crippen LogP contribution in [0.2, 0.25) is 0 Å². The average molecular weight is 290 g/mol. The molecule has 3 rings (SSSR count). The van der Waals surface area contributed by atoms with Crippen LogP contribution in [0.15, 0.2) is 12.5 Å². The van der Waals surface area contributed by atoms with Crippen LogP contribution in [-0.2, 0) is 11.8 Å². The maximum atomic E-state index is 10.6. The molecular formula is C13H18N6O2. The number of fused-ring (bicyclic) bond motifs is 1. The minimum atomic E-state index is -0.745. The standard InChI is InChI=1S/C13H18N6O2/c1-17-12-10(8-16-17)13(15-9-14-12)19-6-4-18(5-7-19)3-2-11(20)21/h8-9H,2-7H2,1H3,(H,20,21). The summed E-state index contributed by atoms with van der Waals surface area (Å²) in [7, 11) is 1.86. The molecule has 1 aliphatic heterocycles. The molecule has 0 unspecified atom stereocenters. The Morgan fingerprint density at radius 3 is 2.76 bits per heavy atom. The fourth-order valence-electron chi connectivity index (χ4n) is 2.64. The summed E-state index contributed by atoms with van der Waals surface area (Å²) in [5.74, 6) is 0.163. The Balaban J connectivity index is 1.70. The first-order chi connectivity index (χ1) is 10.1. The van der Waals surface area contributed by atoms with Gasteiger partial charge < -0.3 is 10.0 Å². The molecule has 0 atom stereocenters. The summed E-state index contributed by atoms with van der Waals surface area (Å²) < 4.78 is 1.74. The van der Waals surface area contributed by atoms with E-state index in [-0.39, 0.29) is 6.42 Å². The van der Waals surface area contributed by atoms with E-state index < -0.39 is 5.97 Å². The summed E-state index contributed by atoms with van der Waals surface area (Å²) in [5, 5.41) is 13.9. The van der Waals surface area contributed by atoms with E-state index in [1.807, 2.05) is 7.05 Å². The third-order valence-electron chi connectivity index (χ3n) is 3.82. The first-order valence-electron chi connectivity index (χ1n) is 6.97. The van der Waals surface area contributed by atoms with E-state index in [0.29, 0.717) is 6.54 Å². The van der Waals surface area contributed by atoms with Gasteiger partial charge in [0.2, 0.25) is 0 Å². The summed E-state index contributed by atoms with van der Waals surface area (Å²) >= 11 is 0. The lowest BCUT2D eigenvalue weighted by atomic mass is 10.2. The number of hydrogen-bond donors (Lipinski definition) is 1. The fourth-order valence-corrected chi connectivity index (χ4v) is 2.64. The molecule has 2 aromatic heterocycles. The quantitative estimate of drug-likeness (QED) is 0.845. The van der Waals surface area contributed by atoms with Gasteiger partial charge in [-0.2, -0.15) is 5.10 Å². The van der Waals surface area contributed by atoms with Crippen LogP contribution in [0.3, 0.4) is 0 Å². The summed E-state index contributed by atoms with van der Waals surface area (Å²) in [6, 6.07) is 0. The number of aryl methyl sites for hydroxylation is 1. The molecule has 0 radical (unpaired) electrons. The average Bonchev–Trinajstić information content (AvgIpc) is 2.87. The van der Waals surface area contributed by atoms with Gasteiger partial charge in [-0.15, -0.1) is 0 Å². The van der Waals surface area contributed by atoms with Gasteiger partial charge in [0.1, 0.15) is 12.1 Å². The van der Waals surface area contributed by atoms with Crippen molar-refractivity contribution in [3.8, 4) is 0 Å². The molecule has 0 amide bonds. The number of hydrogen-bond acceptors (Lipinski definition) is 6. The highest BCUT2D eigenvalue weighted by atomic mass is 16.4. The smallest absolute Gasteiger partial charge is 0.304 e. The Labute approximate surface area is 122 Å². The van der Waals surface area contributed by atoms with Crippen molar-refractivity contribution in [2.24, 2.45) is 7.05 Å². The Bertz CT molecular complexity index is 647. The number of nitrogens with zero attached hydrogens (tertiary/aromatic N) is 6. The van der Waals surface area contributed by atoms with Gasteiger partial charge in [0, 0.05) is 39.8 Å². The zero-order chi connectivity index (χ0) is 14.8. The largest absolute Gasteiger partial charge is 0.481 e. The molecule has 112 valence electrons. The number of anilines is 1. The van der Waals surface area contributed by atoms with Gasteiger partial charge in [-0.3, -0.25) is 14.4 Å². The van der Waals surface area contributed by atoms with E-state index in [1.54, 1.807) is 17.2 Å². The predicted molar refractivity (Wildman–Crippen MR) is 77.2 cm³/mol. The highest BCUT2D eigenvalue weighted by Gasteiger charge is 2.21. The van der Waals surface area contributed by atoms with Crippen LogP contribution < -0.4 is 4.90 Å². The molecule has 0 bridgehead atoms. The molecule has 0 aliphatic carbocycles. The number of aromatic nitrogens is 4. The van der Waals surface area contributed by atoms with Gasteiger partial charge in [0.25, 0.3) is 0 Å². The van der Waals surface area contributed by atoms with E-state index in [2.05, 4.69) is 24.9 Å². The second kappa shape index (κ2) is 5.65. The third-order valence-corrected chi connectivity index (χ3v) is 3.82. The molecule has 1 N–H and O–H groups in total. The number of aliphatic carboxylic acids is 1. The monoisotopic (exact) mass is 290 g/mol. The minimum absolute atomic E-state index is 0.195. The van der Waals surface area contributed by atoms with E-state index in [0.717, 1.165) is 43.0 Å². The first kappa shape index (κ1) is 13.7. The van der Waals surface area contributed by atoms with E-state index >= 15 is 0 Å². The van der Waals surface area contributed by atoms with E-state index in [4.69, 9.17) is 5.11 Å². The topological polar surface area (TPSA) is 87.4 Å². The first-order valence-corrected chi connectivity index (χ1v) is 6.97. The molecule has 3 heterocycles. The summed E-state index contributed by atoms with van der Waals surface area (Å²) in [6.45, 7) is 3.97. The minimum Gasteiger partial charge on any atom is -0.481 e. The van der Waals surface area contributed by atoms with Crippen LogP contribution in [-0.4, -0.2) is 68.4 Å². The zero-order valence-electron chi connectivity index (χ0n) is 11.9. The van der Waals surface area contributed by atoms with Gasteiger partial charge in [0.05, 0.1) is 18.0 Å². The predicted octanol–water partition coefficient (Wildman–Crippen LogP) is -0.0400. The van der Waals surface area contributed by atoms with Crippen LogP contribution in [0, 0.1) is 0 Å². The summed E-state index contributed by atoms with van der Waals surface area (Å²) in [6.07, 6.45) is 3.55. The lowest BCUT2D eigenvalue weighted by Crippen LogP contribution is -2.47. The maximum Gasteiger partial charge on any atom is 0.304 e. The van der Waals surface area contributed by atoms with Gasteiger partial charge in [-0.05, 0) is 0 Å². The van der Waals surface area contributed by atoms with Crippen LogP contribution >= 0.6 is 0 Å². The molecule has 0 aromatic carbocycles. The van der Waals surface area contributed by atoms with Crippen molar-refractivity contribution < 1.29 is 9.90 Å². The molecule has 8 nitrogen and oxygen atoms in total. The van der Waals surface area contributed by atoms with Crippen LogP contribution in [0.25, 0.3) is 11.0 Å². The van der Waals surface area contributed by atoms with Crippen molar-refractivity contribution in [3.63, 3.8) is 0 Å². The fraction of sp³-hybridized carbons (Fsp3) is 0.538. The molecule has 1 saturated heterocycles. The van der Waals surface area contributed by atoms with Crippen molar-refractivity contribution >= 4 is 22.8 Å². The SMILES string of the molecule is Cn1ncc2c(N3CCN(CCC(=O)O)CC3)ncnc21. The maximum absolute atomic E-state index is 10.6. The number of rotatable bonds is 4. The molecule has 2 aromatic rings. The van der Waals surface area contributed by atoms with Crippen molar-refractivity contribution in [2.75, 3.05) is 37.6 Å². The molecule has 0 spiro atoms. The van der Waals surface area contributed by atoms with Crippen LogP contribution in [0.5, 0.6) is 0 Å². The second-order valence-corrected chi connectivity index (χ2v) is 5.18. The highest BCUT2D eigenvalue weighted by molar-refractivity contribution is 5.86. The molecular weight excluding hydrogens is 272 g/mol. The Morgan fingerprint density at radius 1 is 1.29 bits per heavy atom. The van der Waals surface area contributed by atoms with Gasteiger partial charge in [0.15, 0.2) is 5.65 Å². The summed E-state index contributed by atoms with van der Waals surface area (Å²) in [5.41, 5.74) is 0.827. The number of carboxylic acids is 1. The van der Waals surface area contributed by atoms with Gasteiger partial charge in [-0.1, -0.05) is 0 Å². The molecule has 0 saturated carbocycles. The Morgan fingerprint density at radius 2 is 2.05 bits per heavy atom. The third kappa shape index (κ3) is 2.80. The van der Waals surface area contributed by atoms with Gasteiger partial charge in [-0.25, -0.2) is 9.97 Å². The van der Waals surface area contributed by atoms with Crippen molar-refractivity contribution in [1.29, 1.82) is 0 Å².